The second-order valence-corrected chi connectivity index (χ2v) is 7.04. The molecule has 0 N–H and O–H groups in total. The van der Waals surface area contributed by atoms with Crippen LogP contribution in [0.5, 0.6) is 0 Å². The van der Waals surface area contributed by atoms with E-state index in [1.807, 2.05) is 0 Å². The van der Waals surface area contributed by atoms with Gasteiger partial charge in [0.05, 0.1) is 10.4 Å². The van der Waals surface area contributed by atoms with Gasteiger partial charge in [-0.05, 0) is 40.2 Å². The maximum atomic E-state index is 12.7. The largest absolute Gasteiger partial charge is 0.269 e. The number of benzene rings is 1. The van der Waals surface area contributed by atoms with Gasteiger partial charge in [-0.15, -0.1) is 0 Å². The maximum absolute atomic E-state index is 12.7. The summed E-state index contributed by atoms with van der Waals surface area (Å²) in [5, 5.41) is 0.853. The topological polar surface area (TPSA) is 52.0 Å². The zero-order chi connectivity index (χ0) is 14.3. The van der Waals surface area contributed by atoms with Gasteiger partial charge in [-0.1, -0.05) is 29.8 Å². The third-order valence-corrected chi connectivity index (χ3v) is 5.74. The zero-order valence-corrected chi connectivity index (χ0v) is 13.2. The Balaban J connectivity index is 2.36. The lowest BCUT2D eigenvalue weighted by atomic mass is 10.3. The van der Waals surface area contributed by atoms with Crippen LogP contribution in [0.15, 0.2) is 58.2 Å². The number of pyridine rings is 1. The van der Waals surface area contributed by atoms with Gasteiger partial charge in [0, 0.05) is 11.6 Å². The van der Waals surface area contributed by atoms with Crippen molar-refractivity contribution in [2.75, 3.05) is 0 Å². The smallest absolute Gasteiger partial charge is 0.244 e. The molecule has 3 aromatic rings. The van der Waals surface area contributed by atoms with Crippen molar-refractivity contribution in [1.82, 2.24) is 8.96 Å². The number of nitrogens with zero attached hydrogens (tertiary/aromatic N) is 2. The molecule has 0 aliphatic carbocycles. The van der Waals surface area contributed by atoms with Crippen molar-refractivity contribution in [3.8, 4) is 0 Å². The summed E-state index contributed by atoms with van der Waals surface area (Å²) in [5.74, 6) is 0. The van der Waals surface area contributed by atoms with E-state index in [1.165, 1.54) is 10.2 Å². The summed E-state index contributed by atoms with van der Waals surface area (Å²) in [6, 6.07) is 11.5. The minimum atomic E-state index is -3.69. The van der Waals surface area contributed by atoms with Gasteiger partial charge in [0.15, 0.2) is 0 Å². The Bertz CT molecular complexity index is 891. The number of hydrogen-bond acceptors (Lipinski definition) is 3. The summed E-state index contributed by atoms with van der Waals surface area (Å²) in [6.45, 7) is 0. The zero-order valence-electron chi connectivity index (χ0n) is 9.99. The molecule has 0 spiro atoms. The first-order valence-corrected chi connectivity index (χ1v) is 8.25. The van der Waals surface area contributed by atoms with E-state index in [1.54, 1.807) is 42.5 Å². The molecular weight excluding hydrogens is 364 g/mol. The maximum Gasteiger partial charge on any atom is 0.269 e. The van der Waals surface area contributed by atoms with Gasteiger partial charge in [-0.25, -0.2) is 17.4 Å². The molecule has 20 heavy (non-hydrogen) atoms. The van der Waals surface area contributed by atoms with Crippen LogP contribution in [-0.2, 0) is 10.0 Å². The molecule has 3 rings (SSSR count). The summed E-state index contributed by atoms with van der Waals surface area (Å²) in [6.07, 6.45) is 1.48. The van der Waals surface area contributed by atoms with E-state index < -0.39 is 10.0 Å². The Labute approximate surface area is 129 Å². The third kappa shape index (κ3) is 2.04. The molecule has 0 saturated carbocycles. The summed E-state index contributed by atoms with van der Waals surface area (Å²) in [7, 11) is -3.69. The number of rotatable bonds is 2. The van der Waals surface area contributed by atoms with Crippen LogP contribution in [-0.4, -0.2) is 17.4 Å². The average Bonchev–Trinajstić information content (AvgIpc) is 2.78. The molecule has 4 nitrogen and oxygen atoms in total. The fraction of sp³-hybridized carbons (Fsp3) is 0. The van der Waals surface area contributed by atoms with E-state index >= 15 is 0 Å². The SMILES string of the molecule is O=S(=O)(c1ccccc1)n1c(Br)cc2c(Cl)nccc21. The molecule has 0 fully saturated rings. The Morgan fingerprint density at radius 2 is 1.85 bits per heavy atom. The highest BCUT2D eigenvalue weighted by molar-refractivity contribution is 9.10. The number of hydrogen-bond donors (Lipinski definition) is 0. The van der Waals surface area contributed by atoms with Crippen LogP contribution in [0.2, 0.25) is 5.15 Å². The minimum Gasteiger partial charge on any atom is -0.244 e. The number of halogens is 2. The number of fused-ring (bicyclic) bond motifs is 1. The van der Waals surface area contributed by atoms with Gasteiger partial charge < -0.3 is 0 Å². The van der Waals surface area contributed by atoms with E-state index in [4.69, 9.17) is 11.6 Å². The summed E-state index contributed by atoms with van der Waals surface area (Å²) < 4.78 is 27.0. The average molecular weight is 372 g/mol. The van der Waals surface area contributed by atoms with Crippen LogP contribution in [0.1, 0.15) is 0 Å². The summed E-state index contributed by atoms with van der Waals surface area (Å²) >= 11 is 9.27. The Morgan fingerprint density at radius 1 is 1.15 bits per heavy atom. The second-order valence-electron chi connectivity index (χ2n) is 4.08. The molecule has 7 heteroatoms. The van der Waals surface area contributed by atoms with E-state index in [9.17, 15) is 8.42 Å². The van der Waals surface area contributed by atoms with Crippen molar-refractivity contribution in [3.05, 3.63) is 58.4 Å². The van der Waals surface area contributed by atoms with Gasteiger partial charge in [0.25, 0.3) is 10.0 Å². The van der Waals surface area contributed by atoms with E-state index in [-0.39, 0.29) is 10.0 Å². The first kappa shape index (κ1) is 13.6. The summed E-state index contributed by atoms with van der Waals surface area (Å²) in [4.78, 5) is 4.17. The highest BCUT2D eigenvalue weighted by atomic mass is 79.9. The van der Waals surface area contributed by atoms with E-state index in [0.717, 1.165) is 0 Å². The second kappa shape index (κ2) is 4.87. The number of aromatic nitrogens is 2. The van der Waals surface area contributed by atoms with Crippen LogP contribution in [0.3, 0.4) is 0 Å². The van der Waals surface area contributed by atoms with Crippen molar-refractivity contribution in [3.63, 3.8) is 0 Å². The van der Waals surface area contributed by atoms with Crippen LogP contribution >= 0.6 is 27.5 Å². The van der Waals surface area contributed by atoms with Crippen molar-refractivity contribution in [2.24, 2.45) is 0 Å². The fourth-order valence-corrected chi connectivity index (χ4v) is 4.60. The molecule has 0 aliphatic rings. The minimum absolute atomic E-state index is 0.214. The van der Waals surface area contributed by atoms with Crippen LogP contribution < -0.4 is 0 Å². The molecule has 0 unspecified atom stereocenters. The van der Waals surface area contributed by atoms with Crippen molar-refractivity contribution in [2.45, 2.75) is 4.90 Å². The molecule has 0 aliphatic heterocycles. The lowest BCUT2D eigenvalue weighted by Crippen LogP contribution is -2.12. The van der Waals surface area contributed by atoms with Gasteiger partial charge >= 0.3 is 0 Å². The molecule has 2 aromatic heterocycles. The van der Waals surface area contributed by atoms with Crippen molar-refractivity contribution >= 4 is 48.5 Å². The lowest BCUT2D eigenvalue weighted by Gasteiger charge is -2.08. The monoisotopic (exact) mass is 370 g/mol. The molecule has 1 aromatic carbocycles. The van der Waals surface area contributed by atoms with Gasteiger partial charge in [-0.3, -0.25) is 0 Å². The van der Waals surface area contributed by atoms with Gasteiger partial charge in [0.2, 0.25) is 0 Å². The molecule has 0 saturated heterocycles. The van der Waals surface area contributed by atoms with Crippen molar-refractivity contribution < 1.29 is 8.42 Å². The van der Waals surface area contributed by atoms with Gasteiger partial charge in [-0.2, -0.15) is 0 Å². The van der Waals surface area contributed by atoms with E-state index in [2.05, 4.69) is 20.9 Å². The Morgan fingerprint density at radius 3 is 2.55 bits per heavy atom. The molecule has 0 atom stereocenters. The predicted octanol–water partition coefficient (Wildman–Crippen LogP) is 3.69. The Hall–Kier alpha value is -1.37. The lowest BCUT2D eigenvalue weighted by molar-refractivity contribution is 0.588. The highest BCUT2D eigenvalue weighted by Gasteiger charge is 2.22. The first-order valence-electron chi connectivity index (χ1n) is 5.64. The van der Waals surface area contributed by atoms with Crippen LogP contribution in [0.4, 0.5) is 0 Å². The molecule has 0 amide bonds. The Kier molecular flexibility index (Phi) is 3.32. The van der Waals surface area contributed by atoms with Crippen molar-refractivity contribution in [1.29, 1.82) is 0 Å². The normalized spacial score (nSPS) is 11.9. The molecular formula is C13H8BrClN2O2S. The van der Waals surface area contributed by atoms with E-state index in [0.29, 0.717) is 15.5 Å². The molecule has 102 valence electrons. The standard InChI is InChI=1S/C13H8BrClN2O2S/c14-12-8-10-11(6-7-16-13(10)15)17(12)20(18,19)9-4-2-1-3-5-9/h1-8H. The van der Waals surface area contributed by atoms with Crippen LogP contribution in [0.25, 0.3) is 10.9 Å². The van der Waals surface area contributed by atoms with Crippen LogP contribution in [0, 0.1) is 0 Å². The highest BCUT2D eigenvalue weighted by Crippen LogP contribution is 2.31. The molecule has 0 bridgehead atoms. The third-order valence-electron chi connectivity index (χ3n) is 2.88. The first-order chi connectivity index (χ1) is 9.51. The van der Waals surface area contributed by atoms with Gasteiger partial charge in [0.1, 0.15) is 9.76 Å². The molecule has 0 radical (unpaired) electrons. The molecule has 2 heterocycles. The summed E-state index contributed by atoms with van der Waals surface area (Å²) in [5.41, 5.74) is 0.487. The quantitative estimate of drug-likeness (QED) is 0.646. The fourth-order valence-electron chi connectivity index (χ4n) is 1.98. The predicted molar refractivity (Wildman–Crippen MR) is 81.5 cm³/mol.